The van der Waals surface area contributed by atoms with Crippen LogP contribution in [0.2, 0.25) is 5.02 Å². The number of carbonyl (C=O) groups is 1. The van der Waals surface area contributed by atoms with Crippen molar-refractivity contribution in [1.82, 2.24) is 5.32 Å². The van der Waals surface area contributed by atoms with Crippen LogP contribution in [-0.4, -0.2) is 15.2 Å². The van der Waals surface area contributed by atoms with Gasteiger partial charge < -0.3 is 10.1 Å². The van der Waals surface area contributed by atoms with Gasteiger partial charge in [0, 0.05) is 28.3 Å². The maximum absolute atomic E-state index is 11.9. The van der Waals surface area contributed by atoms with E-state index in [1.54, 1.807) is 6.07 Å². The Morgan fingerprint density at radius 1 is 1.31 bits per heavy atom. The summed E-state index contributed by atoms with van der Waals surface area (Å²) in [5, 5.41) is 14.1. The molecule has 3 rings (SSSR count). The molecule has 1 heterocycles. The molecule has 1 aliphatic rings. The molecule has 0 unspecified atom stereocenters. The van der Waals surface area contributed by atoms with Crippen LogP contribution in [0, 0.1) is 10.1 Å². The van der Waals surface area contributed by atoms with E-state index in [1.165, 1.54) is 24.3 Å². The molecule has 1 aliphatic heterocycles. The summed E-state index contributed by atoms with van der Waals surface area (Å²) < 4.78 is 6.12. The van der Waals surface area contributed by atoms with Crippen LogP contribution in [0.4, 0.5) is 5.69 Å². The van der Waals surface area contributed by atoms with Crippen LogP contribution >= 0.6 is 35.6 Å². The van der Waals surface area contributed by atoms with Crippen molar-refractivity contribution in [2.45, 2.75) is 6.61 Å². The lowest BCUT2D eigenvalue weighted by atomic mass is 10.1. The Balaban J connectivity index is 1.93. The van der Waals surface area contributed by atoms with Gasteiger partial charge in [-0.2, -0.15) is 0 Å². The minimum Gasteiger partial charge on any atom is -0.488 e. The molecule has 6 nitrogen and oxygen atoms in total. The van der Waals surface area contributed by atoms with E-state index in [9.17, 15) is 14.9 Å². The van der Waals surface area contributed by atoms with Crippen LogP contribution in [0.25, 0.3) is 6.08 Å². The maximum atomic E-state index is 11.9. The van der Waals surface area contributed by atoms with Gasteiger partial charge in [0.25, 0.3) is 11.6 Å². The number of hydrogen-bond donors (Lipinski definition) is 1. The van der Waals surface area contributed by atoms with Gasteiger partial charge in [-0.05, 0) is 18.2 Å². The number of nitrogens with zero attached hydrogens (tertiary/aromatic N) is 1. The van der Waals surface area contributed by atoms with Crippen LogP contribution in [0.3, 0.4) is 0 Å². The van der Waals surface area contributed by atoms with Gasteiger partial charge in [0.1, 0.15) is 16.7 Å². The predicted octanol–water partition coefficient (Wildman–Crippen LogP) is 4.32. The number of non-ortho nitro benzene ring substituents is 1. The molecule has 26 heavy (non-hydrogen) atoms. The van der Waals surface area contributed by atoms with Crippen molar-refractivity contribution in [3.05, 3.63) is 73.6 Å². The molecule has 1 fully saturated rings. The number of nitrogens with one attached hydrogen (secondary N) is 1. The summed E-state index contributed by atoms with van der Waals surface area (Å²) in [5.41, 5.74) is 1.09. The Bertz CT molecular complexity index is 946. The largest absolute Gasteiger partial charge is 0.488 e. The highest BCUT2D eigenvalue weighted by atomic mass is 35.5. The van der Waals surface area contributed by atoms with Gasteiger partial charge in [0.2, 0.25) is 0 Å². The number of thiocarbonyl (C=S) groups is 1. The van der Waals surface area contributed by atoms with Gasteiger partial charge in [0.05, 0.1) is 9.83 Å². The molecular weight excluding hydrogens is 396 g/mol. The van der Waals surface area contributed by atoms with Crippen molar-refractivity contribution in [1.29, 1.82) is 0 Å². The van der Waals surface area contributed by atoms with Gasteiger partial charge >= 0.3 is 0 Å². The van der Waals surface area contributed by atoms with E-state index in [1.807, 2.05) is 18.2 Å². The molecule has 0 spiro atoms. The van der Waals surface area contributed by atoms with Gasteiger partial charge in [-0.25, -0.2) is 0 Å². The second-order valence-corrected chi connectivity index (χ2v) is 7.34. The highest BCUT2D eigenvalue weighted by molar-refractivity contribution is 8.26. The predicted molar refractivity (Wildman–Crippen MR) is 105 cm³/mol. The minimum atomic E-state index is -0.508. The molecule has 1 saturated heterocycles. The Morgan fingerprint density at radius 2 is 2.08 bits per heavy atom. The first-order chi connectivity index (χ1) is 12.4. The van der Waals surface area contributed by atoms with Gasteiger partial charge in [-0.3, -0.25) is 14.9 Å². The van der Waals surface area contributed by atoms with Crippen LogP contribution in [0.1, 0.15) is 11.1 Å². The van der Waals surface area contributed by atoms with Crippen molar-refractivity contribution in [3.8, 4) is 5.75 Å². The number of amides is 1. The normalized spacial score (nSPS) is 15.2. The number of benzene rings is 2. The zero-order valence-electron chi connectivity index (χ0n) is 13.1. The summed E-state index contributed by atoms with van der Waals surface area (Å²) >= 11 is 12.2. The first-order valence-electron chi connectivity index (χ1n) is 7.33. The number of carbonyl (C=O) groups excluding carboxylic acids is 1. The molecule has 2 aromatic rings. The Kier molecular flexibility index (Phi) is 5.55. The number of nitro groups is 1. The summed E-state index contributed by atoms with van der Waals surface area (Å²) in [6.07, 6.45) is 1.52. The molecule has 0 atom stereocenters. The smallest absolute Gasteiger partial charge is 0.270 e. The van der Waals surface area contributed by atoms with E-state index in [-0.39, 0.29) is 18.2 Å². The van der Waals surface area contributed by atoms with Crippen LogP contribution in [0.5, 0.6) is 5.75 Å². The standard InChI is InChI=1S/C17H11ClN2O4S2/c18-13-4-2-1-3-10(13)9-24-14-6-5-12(20(22)23)7-11(14)8-15-16(21)19-17(25)26-15/h1-8H,9H2,(H,19,21,25)/b15-8+. The zero-order chi connectivity index (χ0) is 18.7. The van der Waals surface area contributed by atoms with E-state index >= 15 is 0 Å². The fourth-order valence-corrected chi connectivity index (χ4v) is 3.45. The average Bonchev–Trinajstić information content (AvgIpc) is 2.92. The molecule has 132 valence electrons. The third-order valence-corrected chi connectivity index (χ3v) is 5.01. The third kappa shape index (κ3) is 4.21. The van der Waals surface area contributed by atoms with E-state index in [4.69, 9.17) is 28.6 Å². The second kappa shape index (κ2) is 7.86. The molecule has 0 aromatic heterocycles. The molecule has 9 heteroatoms. The fraction of sp³-hybridized carbons (Fsp3) is 0.0588. The topological polar surface area (TPSA) is 81.5 Å². The SMILES string of the molecule is O=C1NC(=S)S/C1=C/c1cc([N+](=O)[O-])ccc1OCc1ccccc1Cl. The van der Waals surface area contributed by atoms with Gasteiger partial charge in [-0.15, -0.1) is 0 Å². The summed E-state index contributed by atoms with van der Waals surface area (Å²) in [5.74, 6) is 0.0535. The number of nitro benzene ring substituents is 1. The Hall–Kier alpha value is -2.42. The monoisotopic (exact) mass is 406 g/mol. The van der Waals surface area contributed by atoms with Crippen molar-refractivity contribution in [2.24, 2.45) is 0 Å². The van der Waals surface area contributed by atoms with Gasteiger partial charge in [-0.1, -0.05) is 53.8 Å². The van der Waals surface area contributed by atoms with Crippen LogP contribution < -0.4 is 10.1 Å². The summed E-state index contributed by atoms with van der Waals surface area (Å²) in [6, 6.07) is 11.4. The van der Waals surface area contributed by atoms with E-state index in [2.05, 4.69) is 5.32 Å². The fourth-order valence-electron chi connectivity index (χ4n) is 2.23. The third-order valence-electron chi connectivity index (χ3n) is 3.47. The number of halogens is 1. The lowest BCUT2D eigenvalue weighted by molar-refractivity contribution is -0.384. The quantitative estimate of drug-likeness (QED) is 0.345. The molecular formula is C17H11ClN2O4S2. The lowest BCUT2D eigenvalue weighted by Gasteiger charge is -2.10. The van der Waals surface area contributed by atoms with Crippen molar-refractivity contribution >= 4 is 57.6 Å². The highest BCUT2D eigenvalue weighted by Crippen LogP contribution is 2.32. The van der Waals surface area contributed by atoms with Crippen molar-refractivity contribution in [2.75, 3.05) is 0 Å². The molecule has 0 bridgehead atoms. The molecule has 2 aromatic carbocycles. The van der Waals surface area contributed by atoms with E-state index in [0.29, 0.717) is 25.6 Å². The molecule has 0 radical (unpaired) electrons. The molecule has 1 amide bonds. The first-order valence-corrected chi connectivity index (χ1v) is 8.94. The van der Waals surface area contributed by atoms with Crippen LogP contribution in [0.15, 0.2) is 47.4 Å². The van der Waals surface area contributed by atoms with Crippen molar-refractivity contribution < 1.29 is 14.5 Å². The van der Waals surface area contributed by atoms with Crippen molar-refractivity contribution in [3.63, 3.8) is 0 Å². The molecule has 0 saturated carbocycles. The van der Waals surface area contributed by atoms with Crippen LogP contribution in [-0.2, 0) is 11.4 Å². The minimum absolute atomic E-state index is 0.104. The lowest BCUT2D eigenvalue weighted by Crippen LogP contribution is -2.17. The molecule has 1 N–H and O–H groups in total. The first kappa shape index (κ1) is 18.4. The summed E-state index contributed by atoms with van der Waals surface area (Å²) in [4.78, 5) is 22.8. The number of rotatable bonds is 5. The number of ether oxygens (including phenoxy) is 1. The van der Waals surface area contributed by atoms with E-state index in [0.717, 1.165) is 17.3 Å². The Labute approximate surface area is 163 Å². The average molecular weight is 407 g/mol. The zero-order valence-corrected chi connectivity index (χ0v) is 15.5. The Morgan fingerprint density at radius 3 is 2.73 bits per heavy atom. The van der Waals surface area contributed by atoms with Gasteiger partial charge in [0.15, 0.2) is 0 Å². The second-order valence-electron chi connectivity index (χ2n) is 5.21. The summed E-state index contributed by atoms with van der Waals surface area (Å²) in [7, 11) is 0. The van der Waals surface area contributed by atoms with E-state index < -0.39 is 4.92 Å². The number of hydrogen-bond acceptors (Lipinski definition) is 6. The number of thioether (sulfide) groups is 1. The maximum Gasteiger partial charge on any atom is 0.270 e. The summed E-state index contributed by atoms with van der Waals surface area (Å²) in [6.45, 7) is 0.186. The molecule has 0 aliphatic carbocycles. The highest BCUT2D eigenvalue weighted by Gasteiger charge is 2.23.